The standard InChI is InChI=1S/C12H16ClNO3/c1-2-14-10-7-3-6(4-8(7)12(14)16)11(10)17-9(15)5-13/h6-8,10-11H,2-5H2,1H3. The Morgan fingerprint density at radius 3 is 2.94 bits per heavy atom. The third kappa shape index (κ3) is 1.43. The van der Waals surface area contributed by atoms with Crippen LogP contribution in [0.5, 0.6) is 0 Å². The number of carbonyl (C=O) groups is 2. The minimum atomic E-state index is -0.365. The number of rotatable bonds is 3. The molecule has 2 saturated carbocycles. The third-order valence-electron chi connectivity index (χ3n) is 4.57. The first-order valence-corrected chi connectivity index (χ1v) is 6.76. The molecule has 1 aliphatic heterocycles. The van der Waals surface area contributed by atoms with Gasteiger partial charge in [0.05, 0.1) is 6.04 Å². The number of hydrogen-bond donors (Lipinski definition) is 0. The van der Waals surface area contributed by atoms with Crippen molar-refractivity contribution in [1.82, 2.24) is 4.90 Å². The van der Waals surface area contributed by atoms with Crippen LogP contribution in [0.15, 0.2) is 0 Å². The summed E-state index contributed by atoms with van der Waals surface area (Å²) in [7, 11) is 0. The van der Waals surface area contributed by atoms with Gasteiger partial charge in [0.15, 0.2) is 0 Å². The molecule has 3 rings (SSSR count). The average Bonchev–Trinajstić information content (AvgIpc) is 2.92. The van der Waals surface area contributed by atoms with Gasteiger partial charge in [-0.1, -0.05) is 0 Å². The quantitative estimate of drug-likeness (QED) is 0.560. The van der Waals surface area contributed by atoms with Gasteiger partial charge < -0.3 is 9.64 Å². The van der Waals surface area contributed by atoms with E-state index >= 15 is 0 Å². The fourth-order valence-corrected chi connectivity index (χ4v) is 4.11. The maximum Gasteiger partial charge on any atom is 0.321 e. The molecule has 5 heteroatoms. The van der Waals surface area contributed by atoms with Gasteiger partial charge in [-0.3, -0.25) is 9.59 Å². The number of ether oxygens (including phenoxy) is 1. The minimum Gasteiger partial charge on any atom is -0.459 e. The molecule has 0 aromatic carbocycles. The molecule has 0 aromatic rings. The number of hydrogen-bond acceptors (Lipinski definition) is 3. The second kappa shape index (κ2) is 3.87. The number of carbonyl (C=O) groups excluding carboxylic acids is 2. The zero-order chi connectivity index (χ0) is 12.2. The smallest absolute Gasteiger partial charge is 0.321 e. The largest absolute Gasteiger partial charge is 0.459 e. The van der Waals surface area contributed by atoms with Crippen molar-refractivity contribution in [2.45, 2.75) is 31.9 Å². The summed E-state index contributed by atoms with van der Waals surface area (Å²) in [6, 6.07) is 0.114. The molecular formula is C12H16ClNO3. The van der Waals surface area contributed by atoms with E-state index in [1.54, 1.807) is 0 Å². The molecule has 0 spiro atoms. The Hall–Kier alpha value is -0.770. The van der Waals surface area contributed by atoms with Crippen LogP contribution in [0, 0.1) is 17.8 Å². The van der Waals surface area contributed by atoms with Crippen LogP contribution in [-0.2, 0) is 14.3 Å². The Kier molecular flexibility index (Phi) is 2.58. The van der Waals surface area contributed by atoms with Crippen molar-refractivity contribution < 1.29 is 14.3 Å². The number of esters is 1. The molecule has 1 amide bonds. The van der Waals surface area contributed by atoms with Crippen LogP contribution in [0.4, 0.5) is 0 Å². The lowest BCUT2D eigenvalue weighted by atomic mass is 9.87. The van der Waals surface area contributed by atoms with Crippen LogP contribution in [0.2, 0.25) is 0 Å². The number of fused-ring (bicyclic) bond motifs is 1. The number of halogens is 1. The highest BCUT2D eigenvalue weighted by atomic mass is 35.5. The molecule has 94 valence electrons. The maximum atomic E-state index is 12.1. The summed E-state index contributed by atoms with van der Waals surface area (Å²) in [6.07, 6.45) is 1.79. The van der Waals surface area contributed by atoms with Gasteiger partial charge in [0.25, 0.3) is 0 Å². The molecule has 1 heterocycles. The lowest BCUT2D eigenvalue weighted by Gasteiger charge is -2.30. The zero-order valence-electron chi connectivity index (χ0n) is 9.77. The van der Waals surface area contributed by atoms with Crippen molar-refractivity contribution in [2.75, 3.05) is 12.4 Å². The van der Waals surface area contributed by atoms with Crippen molar-refractivity contribution in [1.29, 1.82) is 0 Å². The van der Waals surface area contributed by atoms with Crippen molar-refractivity contribution >= 4 is 23.5 Å². The van der Waals surface area contributed by atoms with Crippen molar-refractivity contribution in [3.8, 4) is 0 Å². The molecule has 17 heavy (non-hydrogen) atoms. The highest BCUT2D eigenvalue weighted by molar-refractivity contribution is 6.26. The van der Waals surface area contributed by atoms with Crippen molar-refractivity contribution in [2.24, 2.45) is 17.8 Å². The zero-order valence-corrected chi connectivity index (χ0v) is 10.5. The van der Waals surface area contributed by atoms with E-state index < -0.39 is 0 Å². The molecule has 1 saturated heterocycles. The summed E-state index contributed by atoms with van der Waals surface area (Å²) in [4.78, 5) is 25.4. The van der Waals surface area contributed by atoms with E-state index in [4.69, 9.17) is 16.3 Å². The molecule has 0 N–H and O–H groups in total. The second-order valence-corrected chi connectivity index (χ2v) is 5.47. The van der Waals surface area contributed by atoms with E-state index in [9.17, 15) is 9.59 Å². The van der Waals surface area contributed by atoms with Crippen LogP contribution >= 0.6 is 11.6 Å². The molecule has 2 aliphatic carbocycles. The number of likely N-dealkylation sites (N-methyl/N-ethyl adjacent to an activating group) is 1. The summed E-state index contributed by atoms with van der Waals surface area (Å²) in [6.45, 7) is 2.69. The lowest BCUT2D eigenvalue weighted by molar-refractivity contribution is -0.152. The molecule has 4 nitrogen and oxygen atoms in total. The molecule has 3 fully saturated rings. The normalized spacial score (nSPS) is 42.4. The molecule has 3 aliphatic rings. The molecular weight excluding hydrogens is 242 g/mol. The fraction of sp³-hybridized carbons (Fsp3) is 0.833. The van der Waals surface area contributed by atoms with E-state index in [1.807, 2.05) is 11.8 Å². The highest BCUT2D eigenvalue weighted by Crippen LogP contribution is 2.56. The van der Waals surface area contributed by atoms with E-state index in [0.717, 1.165) is 12.8 Å². The first kappa shape index (κ1) is 11.3. The Morgan fingerprint density at radius 2 is 2.29 bits per heavy atom. The maximum absolute atomic E-state index is 12.1. The lowest BCUT2D eigenvalue weighted by Crippen LogP contribution is -2.44. The van der Waals surface area contributed by atoms with Crippen LogP contribution in [-0.4, -0.2) is 41.3 Å². The first-order valence-electron chi connectivity index (χ1n) is 6.23. The Labute approximate surface area is 105 Å². The fourth-order valence-electron chi connectivity index (χ4n) is 4.05. The van der Waals surface area contributed by atoms with Gasteiger partial charge in [-0.25, -0.2) is 0 Å². The molecule has 2 bridgehead atoms. The van der Waals surface area contributed by atoms with Gasteiger partial charge >= 0.3 is 5.97 Å². The Bertz CT molecular complexity index is 373. The first-order chi connectivity index (χ1) is 8.17. The number of nitrogens with zero attached hydrogens (tertiary/aromatic N) is 1. The molecule has 0 radical (unpaired) electrons. The van der Waals surface area contributed by atoms with Gasteiger partial charge in [-0.15, -0.1) is 11.6 Å². The van der Waals surface area contributed by atoms with E-state index in [-0.39, 0.29) is 35.8 Å². The van der Waals surface area contributed by atoms with Gasteiger partial charge in [-0.05, 0) is 31.6 Å². The Balaban J connectivity index is 1.84. The highest BCUT2D eigenvalue weighted by Gasteiger charge is 2.64. The van der Waals surface area contributed by atoms with Crippen molar-refractivity contribution in [3.05, 3.63) is 0 Å². The predicted octanol–water partition coefficient (Wildman–Crippen LogP) is 1.02. The van der Waals surface area contributed by atoms with Gasteiger partial charge in [0.1, 0.15) is 12.0 Å². The minimum absolute atomic E-state index is 0.107. The molecule has 5 unspecified atom stereocenters. The predicted molar refractivity (Wildman–Crippen MR) is 61.5 cm³/mol. The molecule has 5 atom stereocenters. The monoisotopic (exact) mass is 257 g/mol. The van der Waals surface area contributed by atoms with Crippen LogP contribution < -0.4 is 0 Å². The van der Waals surface area contributed by atoms with E-state index in [2.05, 4.69) is 0 Å². The SMILES string of the molecule is CCN1C(=O)C2CC3CC2C1C3OC(=O)CCl. The topological polar surface area (TPSA) is 46.6 Å². The van der Waals surface area contributed by atoms with Crippen LogP contribution in [0.3, 0.4) is 0 Å². The summed E-state index contributed by atoms with van der Waals surface area (Å²) in [5, 5.41) is 0. The van der Waals surface area contributed by atoms with E-state index in [1.165, 1.54) is 0 Å². The second-order valence-electron chi connectivity index (χ2n) is 5.20. The molecule has 0 aromatic heterocycles. The average molecular weight is 258 g/mol. The van der Waals surface area contributed by atoms with Crippen molar-refractivity contribution in [3.63, 3.8) is 0 Å². The summed E-state index contributed by atoms with van der Waals surface area (Å²) >= 11 is 5.48. The van der Waals surface area contributed by atoms with Crippen LogP contribution in [0.25, 0.3) is 0 Å². The van der Waals surface area contributed by atoms with Gasteiger partial charge in [0.2, 0.25) is 5.91 Å². The summed E-state index contributed by atoms with van der Waals surface area (Å²) in [5.41, 5.74) is 0. The number of amides is 1. The summed E-state index contributed by atoms with van der Waals surface area (Å²) < 4.78 is 5.44. The summed E-state index contributed by atoms with van der Waals surface area (Å²) in [5.74, 6) is 0.745. The van der Waals surface area contributed by atoms with Crippen LogP contribution in [0.1, 0.15) is 19.8 Å². The number of likely N-dealkylation sites (tertiary alicyclic amines) is 1. The third-order valence-corrected chi connectivity index (χ3v) is 4.78. The van der Waals surface area contributed by atoms with Gasteiger partial charge in [0, 0.05) is 12.5 Å². The van der Waals surface area contributed by atoms with E-state index in [0.29, 0.717) is 18.4 Å². The number of alkyl halides is 1. The van der Waals surface area contributed by atoms with Gasteiger partial charge in [-0.2, -0.15) is 0 Å². The Morgan fingerprint density at radius 1 is 1.53 bits per heavy atom.